The number of benzene rings is 1. The van der Waals surface area contributed by atoms with Gasteiger partial charge in [0.1, 0.15) is 17.3 Å². The number of rotatable bonds is 3. The van der Waals surface area contributed by atoms with Gasteiger partial charge in [-0.2, -0.15) is 10.2 Å². The molecule has 2 heterocycles. The highest BCUT2D eigenvalue weighted by Gasteiger charge is 2.21. The van der Waals surface area contributed by atoms with E-state index in [1.807, 2.05) is 38.2 Å². The van der Waals surface area contributed by atoms with Crippen molar-refractivity contribution in [3.8, 4) is 28.3 Å². The molecule has 108 valence electrons. The average Bonchev–Trinajstić information content (AvgIpc) is 3.08. The van der Waals surface area contributed by atoms with Gasteiger partial charge in [0.25, 0.3) is 0 Å². The lowest BCUT2D eigenvalue weighted by Crippen LogP contribution is -1.98. The molecule has 6 heteroatoms. The molecule has 21 heavy (non-hydrogen) atoms. The van der Waals surface area contributed by atoms with Crippen molar-refractivity contribution in [1.29, 1.82) is 0 Å². The molecule has 0 bridgehead atoms. The second kappa shape index (κ2) is 4.97. The van der Waals surface area contributed by atoms with Crippen LogP contribution in [0.3, 0.4) is 0 Å². The molecule has 0 fully saturated rings. The van der Waals surface area contributed by atoms with E-state index in [0.29, 0.717) is 5.82 Å². The molecular formula is C15H17N5O. The van der Waals surface area contributed by atoms with E-state index in [9.17, 15) is 0 Å². The highest BCUT2D eigenvalue weighted by Crippen LogP contribution is 2.40. The highest BCUT2D eigenvalue weighted by molar-refractivity contribution is 5.89. The third kappa shape index (κ3) is 2.14. The van der Waals surface area contributed by atoms with Crippen LogP contribution in [0.5, 0.6) is 5.75 Å². The van der Waals surface area contributed by atoms with E-state index in [4.69, 9.17) is 10.5 Å². The summed E-state index contributed by atoms with van der Waals surface area (Å²) in [5, 5.41) is 11.4. The van der Waals surface area contributed by atoms with Gasteiger partial charge >= 0.3 is 0 Å². The highest BCUT2D eigenvalue weighted by atomic mass is 16.5. The molecule has 2 aromatic heterocycles. The van der Waals surface area contributed by atoms with E-state index in [1.54, 1.807) is 18.0 Å². The molecule has 3 rings (SSSR count). The van der Waals surface area contributed by atoms with Gasteiger partial charge in [-0.1, -0.05) is 11.6 Å². The molecular weight excluding hydrogens is 266 g/mol. The SMILES string of the molecule is COc1ccc(C)cc1-c1c(-c2ccn[nH]2)nn(C)c1N. The van der Waals surface area contributed by atoms with Crippen LogP contribution < -0.4 is 10.5 Å². The number of H-pyrrole nitrogens is 1. The number of nitrogens with two attached hydrogens (primary N) is 1. The average molecular weight is 283 g/mol. The Kier molecular flexibility index (Phi) is 3.13. The quantitative estimate of drug-likeness (QED) is 0.773. The maximum atomic E-state index is 6.23. The fraction of sp³-hybridized carbons (Fsp3) is 0.200. The number of nitrogen functional groups attached to an aromatic ring is 1. The smallest absolute Gasteiger partial charge is 0.130 e. The number of hydrogen-bond donors (Lipinski definition) is 2. The van der Waals surface area contributed by atoms with Gasteiger partial charge in [0.2, 0.25) is 0 Å². The van der Waals surface area contributed by atoms with Crippen LogP contribution in [0, 0.1) is 6.92 Å². The Balaban J connectivity index is 2.30. The van der Waals surface area contributed by atoms with Gasteiger partial charge in [0.15, 0.2) is 0 Å². The minimum Gasteiger partial charge on any atom is -0.496 e. The first kappa shape index (κ1) is 13.2. The Morgan fingerprint density at radius 1 is 1.29 bits per heavy atom. The molecule has 0 aliphatic carbocycles. The molecule has 3 N–H and O–H groups in total. The number of anilines is 1. The van der Waals surface area contributed by atoms with Crippen LogP contribution in [0.15, 0.2) is 30.5 Å². The van der Waals surface area contributed by atoms with Crippen molar-refractivity contribution in [2.75, 3.05) is 12.8 Å². The van der Waals surface area contributed by atoms with Gasteiger partial charge in [0.05, 0.1) is 18.4 Å². The Morgan fingerprint density at radius 3 is 2.76 bits per heavy atom. The molecule has 0 unspecified atom stereocenters. The van der Waals surface area contributed by atoms with Gasteiger partial charge in [-0.05, 0) is 25.1 Å². The molecule has 3 aromatic rings. The Bertz CT molecular complexity index is 774. The minimum absolute atomic E-state index is 0.587. The van der Waals surface area contributed by atoms with E-state index in [-0.39, 0.29) is 0 Å². The number of methoxy groups -OCH3 is 1. The lowest BCUT2D eigenvalue weighted by atomic mass is 10.0. The van der Waals surface area contributed by atoms with Crippen molar-refractivity contribution in [3.63, 3.8) is 0 Å². The largest absolute Gasteiger partial charge is 0.496 e. The fourth-order valence-electron chi connectivity index (χ4n) is 2.40. The van der Waals surface area contributed by atoms with Crippen LogP contribution in [-0.2, 0) is 7.05 Å². The predicted octanol–water partition coefficient (Wildman–Crippen LogP) is 2.38. The molecule has 0 spiro atoms. The Morgan fingerprint density at radius 2 is 2.10 bits per heavy atom. The first-order valence-corrected chi connectivity index (χ1v) is 6.59. The number of nitrogens with one attached hydrogen (secondary N) is 1. The molecule has 0 aliphatic rings. The Labute approximate surface area is 122 Å². The van der Waals surface area contributed by atoms with Gasteiger partial charge in [-0.15, -0.1) is 0 Å². The zero-order valence-corrected chi connectivity index (χ0v) is 12.2. The van der Waals surface area contributed by atoms with Crippen molar-refractivity contribution < 1.29 is 4.74 Å². The summed E-state index contributed by atoms with van der Waals surface area (Å²) in [7, 11) is 3.47. The maximum Gasteiger partial charge on any atom is 0.130 e. The third-order valence-electron chi connectivity index (χ3n) is 3.47. The zero-order valence-electron chi connectivity index (χ0n) is 12.2. The summed E-state index contributed by atoms with van der Waals surface area (Å²) in [6.07, 6.45) is 1.69. The van der Waals surface area contributed by atoms with Gasteiger partial charge in [-0.25, -0.2) is 0 Å². The number of hydrogen-bond acceptors (Lipinski definition) is 4. The first-order chi connectivity index (χ1) is 10.1. The maximum absolute atomic E-state index is 6.23. The summed E-state index contributed by atoms with van der Waals surface area (Å²) < 4.78 is 7.13. The summed E-state index contributed by atoms with van der Waals surface area (Å²) in [5.74, 6) is 1.35. The van der Waals surface area contributed by atoms with E-state index in [2.05, 4.69) is 15.3 Å². The van der Waals surface area contributed by atoms with Crippen LogP contribution in [-0.4, -0.2) is 27.1 Å². The second-order valence-corrected chi connectivity index (χ2v) is 4.91. The molecule has 0 radical (unpaired) electrons. The predicted molar refractivity (Wildman–Crippen MR) is 81.9 cm³/mol. The van der Waals surface area contributed by atoms with Crippen molar-refractivity contribution >= 4 is 5.82 Å². The van der Waals surface area contributed by atoms with Crippen molar-refractivity contribution in [3.05, 3.63) is 36.0 Å². The van der Waals surface area contributed by atoms with Gasteiger partial charge in [-0.3, -0.25) is 9.78 Å². The second-order valence-electron chi connectivity index (χ2n) is 4.91. The summed E-state index contributed by atoms with van der Waals surface area (Å²) >= 11 is 0. The lowest BCUT2D eigenvalue weighted by molar-refractivity contribution is 0.416. The fourth-order valence-corrected chi connectivity index (χ4v) is 2.40. The minimum atomic E-state index is 0.587. The topological polar surface area (TPSA) is 81.8 Å². The molecule has 0 aliphatic heterocycles. The van der Waals surface area contributed by atoms with E-state index >= 15 is 0 Å². The Hall–Kier alpha value is -2.76. The molecule has 0 saturated carbocycles. The van der Waals surface area contributed by atoms with E-state index < -0.39 is 0 Å². The number of ether oxygens (including phenoxy) is 1. The molecule has 0 atom stereocenters. The molecule has 0 saturated heterocycles. The number of aryl methyl sites for hydroxylation is 2. The molecule has 6 nitrogen and oxygen atoms in total. The van der Waals surface area contributed by atoms with Crippen LogP contribution >= 0.6 is 0 Å². The summed E-state index contributed by atoms with van der Waals surface area (Å²) in [5.41, 5.74) is 10.7. The molecule has 0 amide bonds. The van der Waals surface area contributed by atoms with Crippen LogP contribution in [0.25, 0.3) is 22.5 Å². The van der Waals surface area contributed by atoms with Crippen LogP contribution in [0.2, 0.25) is 0 Å². The monoisotopic (exact) mass is 283 g/mol. The number of nitrogens with zero attached hydrogens (tertiary/aromatic N) is 3. The van der Waals surface area contributed by atoms with Crippen molar-refractivity contribution in [2.24, 2.45) is 7.05 Å². The standard InChI is InChI=1S/C15H17N5O/c1-9-4-5-12(21-3)10(8-9)13-14(11-6-7-17-18-11)19-20(2)15(13)16/h4-8H,16H2,1-3H3,(H,17,18). The van der Waals surface area contributed by atoms with Gasteiger partial charge < -0.3 is 10.5 Å². The third-order valence-corrected chi connectivity index (χ3v) is 3.47. The molecule has 1 aromatic carbocycles. The van der Waals surface area contributed by atoms with E-state index in [0.717, 1.165) is 33.8 Å². The van der Waals surface area contributed by atoms with E-state index in [1.165, 1.54) is 0 Å². The summed E-state index contributed by atoms with van der Waals surface area (Å²) in [6, 6.07) is 7.86. The normalized spacial score (nSPS) is 10.8. The first-order valence-electron chi connectivity index (χ1n) is 6.59. The van der Waals surface area contributed by atoms with Crippen LogP contribution in [0.1, 0.15) is 5.56 Å². The summed E-state index contributed by atoms with van der Waals surface area (Å²) in [6.45, 7) is 2.03. The number of aromatic nitrogens is 4. The van der Waals surface area contributed by atoms with Crippen molar-refractivity contribution in [1.82, 2.24) is 20.0 Å². The van der Waals surface area contributed by atoms with Crippen molar-refractivity contribution in [2.45, 2.75) is 6.92 Å². The van der Waals surface area contributed by atoms with Gasteiger partial charge in [0, 0.05) is 18.8 Å². The van der Waals surface area contributed by atoms with Crippen LogP contribution in [0.4, 0.5) is 5.82 Å². The zero-order chi connectivity index (χ0) is 15.0. The lowest BCUT2D eigenvalue weighted by Gasteiger charge is -2.10. The summed E-state index contributed by atoms with van der Waals surface area (Å²) in [4.78, 5) is 0. The number of aromatic amines is 1.